The van der Waals surface area contributed by atoms with Crippen molar-refractivity contribution in [1.29, 1.82) is 0 Å². The van der Waals surface area contributed by atoms with Crippen molar-refractivity contribution in [2.75, 3.05) is 0 Å². The lowest BCUT2D eigenvalue weighted by molar-refractivity contribution is 0.613. The van der Waals surface area contributed by atoms with E-state index in [1.54, 1.807) is 22.3 Å². The largest absolute Gasteiger partial charge is 0.253 e. The number of aryl methyl sites for hydroxylation is 4. The molecule has 4 nitrogen and oxygen atoms in total. The number of halogens is 1. The zero-order valence-corrected chi connectivity index (χ0v) is 17.8. The van der Waals surface area contributed by atoms with Crippen molar-refractivity contribution in [3.63, 3.8) is 0 Å². The minimum absolute atomic E-state index is 0.199. The zero-order valence-electron chi connectivity index (χ0n) is 17.0. The van der Waals surface area contributed by atoms with Crippen molar-refractivity contribution in [2.24, 2.45) is 0 Å². The molecule has 29 heavy (non-hydrogen) atoms. The second kappa shape index (κ2) is 7.95. The van der Waals surface area contributed by atoms with Crippen LogP contribution in [0.4, 0.5) is 4.39 Å². The predicted octanol–water partition coefficient (Wildman–Crippen LogP) is 5.38. The normalized spacial score (nSPS) is 11.3. The average molecular weight is 407 g/mol. The number of rotatable bonds is 5. The molecule has 0 spiro atoms. The maximum Gasteiger partial charge on any atom is 0.253 e. The van der Waals surface area contributed by atoms with E-state index in [1.807, 2.05) is 26.0 Å². The van der Waals surface area contributed by atoms with Crippen LogP contribution in [-0.4, -0.2) is 19.6 Å². The molecule has 0 amide bonds. The smallest absolute Gasteiger partial charge is 0.216 e. The minimum Gasteiger partial charge on any atom is -0.216 e. The van der Waals surface area contributed by atoms with Crippen molar-refractivity contribution in [3.05, 3.63) is 87.5 Å². The van der Waals surface area contributed by atoms with Gasteiger partial charge in [-0.15, -0.1) is 5.10 Å². The van der Waals surface area contributed by atoms with Crippen LogP contribution < -0.4 is 0 Å². The van der Waals surface area contributed by atoms with Gasteiger partial charge in [0, 0.05) is 23.6 Å². The molecule has 2 aromatic heterocycles. The fourth-order valence-corrected chi connectivity index (χ4v) is 4.32. The highest BCUT2D eigenvalue weighted by molar-refractivity contribution is 7.98. The summed E-state index contributed by atoms with van der Waals surface area (Å²) in [7, 11) is 0. The minimum atomic E-state index is -0.199. The van der Waals surface area contributed by atoms with E-state index in [4.69, 9.17) is 0 Å². The molecule has 0 atom stereocenters. The van der Waals surface area contributed by atoms with E-state index >= 15 is 0 Å². The van der Waals surface area contributed by atoms with Crippen LogP contribution in [-0.2, 0) is 12.2 Å². The summed E-state index contributed by atoms with van der Waals surface area (Å²) in [5, 5.41) is 5.36. The van der Waals surface area contributed by atoms with Gasteiger partial charge in [-0.3, -0.25) is 0 Å². The first-order valence-corrected chi connectivity index (χ1v) is 10.6. The highest BCUT2D eigenvalue weighted by Gasteiger charge is 2.15. The fourth-order valence-electron chi connectivity index (χ4n) is 3.44. The maximum atomic E-state index is 14.1. The van der Waals surface area contributed by atoms with Gasteiger partial charge in [-0.2, -0.15) is 4.98 Å². The predicted molar refractivity (Wildman–Crippen MR) is 115 cm³/mol. The quantitative estimate of drug-likeness (QED) is 0.417. The summed E-state index contributed by atoms with van der Waals surface area (Å²) in [4.78, 5) is 9.22. The van der Waals surface area contributed by atoms with Crippen LogP contribution in [0.1, 0.15) is 39.2 Å². The molecule has 0 saturated carbocycles. The monoisotopic (exact) mass is 406 g/mol. The first-order valence-electron chi connectivity index (χ1n) is 9.57. The number of aromatic nitrogens is 4. The van der Waals surface area contributed by atoms with Crippen molar-refractivity contribution in [3.8, 4) is 0 Å². The lowest BCUT2D eigenvalue weighted by atomic mass is 10.0. The number of hydrogen-bond acceptors (Lipinski definition) is 4. The van der Waals surface area contributed by atoms with Gasteiger partial charge in [-0.1, -0.05) is 53.7 Å². The molecular formula is C23H23FN4S. The summed E-state index contributed by atoms with van der Waals surface area (Å²) in [6, 6.07) is 13.3. The number of thioether (sulfide) groups is 1. The molecule has 2 aromatic carbocycles. The summed E-state index contributed by atoms with van der Waals surface area (Å²) in [6.45, 7) is 8.16. The molecule has 6 heteroatoms. The third-order valence-electron chi connectivity index (χ3n) is 5.22. The van der Waals surface area contributed by atoms with Crippen LogP contribution in [0.25, 0.3) is 5.78 Å². The molecule has 148 valence electrons. The molecule has 0 radical (unpaired) electrons. The number of nitrogens with zero attached hydrogens (tertiary/aromatic N) is 4. The molecule has 0 N–H and O–H groups in total. The Morgan fingerprint density at radius 2 is 1.76 bits per heavy atom. The lowest BCUT2D eigenvalue weighted by Gasteiger charge is -2.10. The van der Waals surface area contributed by atoms with Crippen molar-refractivity contribution in [2.45, 2.75) is 45.0 Å². The van der Waals surface area contributed by atoms with Gasteiger partial charge in [0.2, 0.25) is 5.16 Å². The van der Waals surface area contributed by atoms with E-state index in [9.17, 15) is 4.39 Å². The third-order valence-corrected chi connectivity index (χ3v) is 6.10. The van der Waals surface area contributed by atoms with Crippen LogP contribution in [0.2, 0.25) is 0 Å². The summed E-state index contributed by atoms with van der Waals surface area (Å²) in [5.41, 5.74) is 7.25. The molecule has 4 rings (SSSR count). The fraction of sp³-hybridized carbons (Fsp3) is 0.261. The molecule has 4 aromatic rings. The molecule has 0 fully saturated rings. The Morgan fingerprint density at radius 3 is 2.55 bits per heavy atom. The van der Waals surface area contributed by atoms with Gasteiger partial charge in [0.05, 0.1) is 0 Å². The molecule has 0 aliphatic heterocycles. The Labute approximate surface area is 174 Å². The second-order valence-electron chi connectivity index (χ2n) is 7.35. The Hall–Kier alpha value is -2.73. The van der Waals surface area contributed by atoms with Gasteiger partial charge in [-0.25, -0.2) is 13.9 Å². The van der Waals surface area contributed by atoms with Gasteiger partial charge in [-0.05, 0) is 56.0 Å². The van der Waals surface area contributed by atoms with E-state index in [0.29, 0.717) is 22.9 Å². The molecule has 2 heterocycles. The van der Waals surface area contributed by atoms with Crippen LogP contribution in [0.15, 0.2) is 47.6 Å². The molecule has 0 saturated heterocycles. The van der Waals surface area contributed by atoms with E-state index in [1.165, 1.54) is 22.8 Å². The van der Waals surface area contributed by atoms with Crippen LogP contribution in [0.5, 0.6) is 0 Å². The van der Waals surface area contributed by atoms with Crippen molar-refractivity contribution >= 4 is 17.5 Å². The van der Waals surface area contributed by atoms with Gasteiger partial charge >= 0.3 is 0 Å². The SMILES string of the molecule is Cc1ccc(C)c(CSc2nc3nc(C)c(Cc4ccccc4F)c(C)n3n2)c1. The van der Waals surface area contributed by atoms with Crippen LogP contribution in [0.3, 0.4) is 0 Å². The molecule has 0 unspecified atom stereocenters. The molecule has 0 aliphatic carbocycles. The average Bonchev–Trinajstić information content (AvgIpc) is 3.10. The number of fused-ring (bicyclic) bond motifs is 1. The third kappa shape index (κ3) is 4.03. The molecule has 0 aliphatic rings. The summed E-state index contributed by atoms with van der Waals surface area (Å²) >= 11 is 1.61. The highest BCUT2D eigenvalue weighted by Crippen LogP contribution is 2.25. The van der Waals surface area contributed by atoms with Crippen LogP contribution in [0, 0.1) is 33.5 Å². The summed E-state index contributed by atoms with van der Waals surface area (Å²) < 4.78 is 15.9. The van der Waals surface area contributed by atoms with Gasteiger partial charge in [0.15, 0.2) is 0 Å². The van der Waals surface area contributed by atoms with E-state index in [0.717, 1.165) is 22.7 Å². The Morgan fingerprint density at radius 1 is 0.966 bits per heavy atom. The maximum absolute atomic E-state index is 14.1. The summed E-state index contributed by atoms with van der Waals surface area (Å²) in [6.07, 6.45) is 0.484. The zero-order chi connectivity index (χ0) is 20.5. The Kier molecular flexibility index (Phi) is 5.37. The van der Waals surface area contributed by atoms with Crippen molar-refractivity contribution in [1.82, 2.24) is 19.6 Å². The lowest BCUT2D eigenvalue weighted by Crippen LogP contribution is -2.07. The standard InChI is InChI=1S/C23H23FN4S/c1-14-9-10-15(2)19(11-14)13-29-23-26-22-25-16(3)20(17(4)28(22)27-23)12-18-7-5-6-8-21(18)24/h5-11H,12-13H2,1-4H3. The second-order valence-corrected chi connectivity index (χ2v) is 8.30. The van der Waals surface area contributed by atoms with E-state index in [-0.39, 0.29) is 5.82 Å². The number of hydrogen-bond donors (Lipinski definition) is 0. The van der Waals surface area contributed by atoms with E-state index in [2.05, 4.69) is 47.1 Å². The summed E-state index contributed by atoms with van der Waals surface area (Å²) in [5.74, 6) is 1.19. The first-order chi connectivity index (χ1) is 13.9. The first kappa shape index (κ1) is 19.6. The molecular weight excluding hydrogens is 383 g/mol. The number of benzene rings is 2. The highest BCUT2D eigenvalue weighted by atomic mass is 32.2. The molecule has 0 bridgehead atoms. The van der Waals surface area contributed by atoms with Crippen molar-refractivity contribution < 1.29 is 4.39 Å². The topological polar surface area (TPSA) is 43.1 Å². The van der Waals surface area contributed by atoms with Gasteiger partial charge in [0.25, 0.3) is 5.78 Å². The van der Waals surface area contributed by atoms with E-state index < -0.39 is 0 Å². The van der Waals surface area contributed by atoms with Crippen LogP contribution >= 0.6 is 11.8 Å². The Balaban J connectivity index is 1.63. The van der Waals surface area contributed by atoms with Gasteiger partial charge < -0.3 is 0 Å². The van der Waals surface area contributed by atoms with Gasteiger partial charge in [0.1, 0.15) is 5.82 Å². The Bertz CT molecular complexity index is 1200.